The van der Waals surface area contributed by atoms with Crippen LogP contribution in [0, 0.1) is 18.3 Å². The first-order valence-corrected chi connectivity index (χ1v) is 10.3. The first kappa shape index (κ1) is 18.2. The third-order valence-corrected chi connectivity index (χ3v) is 6.19. The second-order valence-corrected chi connectivity index (χ2v) is 8.00. The Morgan fingerprint density at radius 1 is 1.18 bits per heavy atom. The van der Waals surface area contributed by atoms with E-state index in [0.717, 1.165) is 16.3 Å². The van der Waals surface area contributed by atoms with Crippen molar-refractivity contribution in [1.29, 1.82) is 5.26 Å². The molecule has 0 radical (unpaired) electrons. The van der Waals surface area contributed by atoms with E-state index in [2.05, 4.69) is 11.1 Å². The van der Waals surface area contributed by atoms with E-state index in [4.69, 9.17) is 0 Å². The Morgan fingerprint density at radius 2 is 1.96 bits per heavy atom. The lowest BCUT2D eigenvalue weighted by Gasteiger charge is -2.07. The molecule has 0 atom stereocenters. The van der Waals surface area contributed by atoms with Gasteiger partial charge in [-0.3, -0.25) is 9.48 Å². The van der Waals surface area contributed by atoms with Crippen molar-refractivity contribution < 1.29 is 0 Å². The molecule has 0 N–H and O–H groups in total. The predicted octanol–water partition coefficient (Wildman–Crippen LogP) is 4.73. The number of aromatic nitrogens is 3. The maximum absolute atomic E-state index is 13.1. The Balaban J connectivity index is 1.80. The number of nitrogens with zero attached hydrogens (tertiary/aromatic N) is 4. The normalized spacial score (nSPS) is 11.5. The highest BCUT2D eigenvalue weighted by Gasteiger charge is 2.20. The second-order valence-electron chi connectivity index (χ2n) is 6.16. The molecule has 1 aromatic carbocycles. The van der Waals surface area contributed by atoms with Gasteiger partial charge in [0.25, 0.3) is 5.56 Å². The van der Waals surface area contributed by atoms with Crippen LogP contribution in [0.3, 0.4) is 0 Å². The van der Waals surface area contributed by atoms with Crippen LogP contribution in [0.4, 0.5) is 0 Å². The van der Waals surface area contributed by atoms with Gasteiger partial charge in [-0.2, -0.15) is 5.26 Å². The van der Waals surface area contributed by atoms with Crippen LogP contribution in [-0.4, -0.2) is 14.3 Å². The predicted molar refractivity (Wildman–Crippen MR) is 115 cm³/mol. The number of thiazole rings is 1. The number of thiophene rings is 1. The standard InChI is InChI=1S/C21H16N4OS2/c1-14-19(21(26)25(24(14)2)16-7-4-3-5-8-16)18-13-28-20(23-18)15(12-22)11-17-9-6-10-27-17/h3-11,13H,1-2H3. The first-order valence-electron chi connectivity index (χ1n) is 8.55. The summed E-state index contributed by atoms with van der Waals surface area (Å²) in [6.07, 6.45) is 1.83. The highest BCUT2D eigenvalue weighted by Crippen LogP contribution is 2.28. The topological polar surface area (TPSA) is 63.6 Å². The molecule has 0 aliphatic carbocycles. The summed E-state index contributed by atoms with van der Waals surface area (Å²) in [5, 5.41) is 14.0. The zero-order chi connectivity index (χ0) is 19.7. The molecule has 138 valence electrons. The zero-order valence-electron chi connectivity index (χ0n) is 15.3. The number of rotatable bonds is 4. The summed E-state index contributed by atoms with van der Waals surface area (Å²) in [5.41, 5.74) is 3.16. The van der Waals surface area contributed by atoms with Gasteiger partial charge in [-0.1, -0.05) is 24.3 Å². The molecule has 0 amide bonds. The highest BCUT2D eigenvalue weighted by molar-refractivity contribution is 7.12. The van der Waals surface area contributed by atoms with Crippen molar-refractivity contribution in [2.24, 2.45) is 7.05 Å². The summed E-state index contributed by atoms with van der Waals surface area (Å²) < 4.78 is 3.47. The summed E-state index contributed by atoms with van der Waals surface area (Å²) >= 11 is 2.94. The molecule has 3 heterocycles. The van der Waals surface area contributed by atoms with Gasteiger partial charge in [0.05, 0.1) is 22.5 Å². The summed E-state index contributed by atoms with van der Waals surface area (Å²) in [6.45, 7) is 1.90. The van der Waals surface area contributed by atoms with E-state index < -0.39 is 0 Å². The van der Waals surface area contributed by atoms with Crippen molar-refractivity contribution in [3.63, 3.8) is 0 Å². The molecule has 0 aliphatic rings. The Morgan fingerprint density at radius 3 is 2.64 bits per heavy atom. The number of allylic oxidation sites excluding steroid dienone is 1. The van der Waals surface area contributed by atoms with Crippen molar-refractivity contribution >= 4 is 34.3 Å². The van der Waals surface area contributed by atoms with Crippen LogP contribution < -0.4 is 5.56 Å². The Bertz CT molecular complexity index is 1250. The van der Waals surface area contributed by atoms with E-state index in [-0.39, 0.29) is 5.56 Å². The van der Waals surface area contributed by atoms with Gasteiger partial charge in [-0.05, 0) is 36.6 Å². The molecular weight excluding hydrogens is 388 g/mol. The zero-order valence-corrected chi connectivity index (χ0v) is 16.9. The molecule has 0 saturated heterocycles. The molecule has 0 aliphatic heterocycles. The average molecular weight is 405 g/mol. The number of nitriles is 1. The minimum Gasteiger partial charge on any atom is -0.285 e. The van der Waals surface area contributed by atoms with E-state index in [9.17, 15) is 10.1 Å². The minimum absolute atomic E-state index is 0.121. The van der Waals surface area contributed by atoms with Gasteiger partial charge < -0.3 is 0 Å². The second kappa shape index (κ2) is 7.43. The lowest BCUT2D eigenvalue weighted by molar-refractivity contribution is 0.630. The number of hydrogen-bond acceptors (Lipinski definition) is 5. The molecule has 28 heavy (non-hydrogen) atoms. The van der Waals surface area contributed by atoms with Crippen LogP contribution in [0.25, 0.3) is 28.6 Å². The molecule has 0 bridgehead atoms. The lowest BCUT2D eigenvalue weighted by atomic mass is 10.2. The minimum atomic E-state index is -0.121. The maximum Gasteiger partial charge on any atom is 0.281 e. The van der Waals surface area contributed by atoms with Gasteiger partial charge in [0.15, 0.2) is 0 Å². The average Bonchev–Trinajstić information content (AvgIpc) is 3.43. The smallest absolute Gasteiger partial charge is 0.281 e. The van der Waals surface area contributed by atoms with Gasteiger partial charge in [0.1, 0.15) is 11.1 Å². The van der Waals surface area contributed by atoms with Gasteiger partial charge in [-0.15, -0.1) is 22.7 Å². The van der Waals surface area contributed by atoms with E-state index in [0.29, 0.717) is 21.8 Å². The molecule has 0 spiro atoms. The van der Waals surface area contributed by atoms with E-state index in [1.807, 2.05) is 78.0 Å². The summed E-state index contributed by atoms with van der Waals surface area (Å²) in [7, 11) is 1.86. The van der Waals surface area contributed by atoms with Crippen molar-refractivity contribution in [2.75, 3.05) is 0 Å². The molecule has 0 fully saturated rings. The van der Waals surface area contributed by atoms with Gasteiger partial charge >= 0.3 is 0 Å². The Labute approximate surface area is 170 Å². The molecule has 0 unspecified atom stereocenters. The van der Waals surface area contributed by atoms with E-state index in [1.54, 1.807) is 16.0 Å². The van der Waals surface area contributed by atoms with E-state index >= 15 is 0 Å². The molecule has 0 saturated carbocycles. The molecule has 3 aromatic heterocycles. The van der Waals surface area contributed by atoms with Crippen molar-refractivity contribution in [3.05, 3.63) is 79.2 Å². The lowest BCUT2D eigenvalue weighted by Crippen LogP contribution is -2.20. The monoisotopic (exact) mass is 404 g/mol. The van der Waals surface area contributed by atoms with Gasteiger partial charge in [-0.25, -0.2) is 9.67 Å². The number of benzene rings is 1. The van der Waals surface area contributed by atoms with Crippen molar-refractivity contribution in [1.82, 2.24) is 14.3 Å². The first-order chi connectivity index (χ1) is 13.6. The third kappa shape index (κ3) is 3.13. The Kier molecular flexibility index (Phi) is 4.82. The fourth-order valence-electron chi connectivity index (χ4n) is 3.03. The summed E-state index contributed by atoms with van der Waals surface area (Å²) in [4.78, 5) is 18.7. The van der Waals surface area contributed by atoms with Crippen LogP contribution in [-0.2, 0) is 7.05 Å². The van der Waals surface area contributed by atoms with Gasteiger partial charge in [0.2, 0.25) is 0 Å². The number of para-hydroxylation sites is 1. The maximum atomic E-state index is 13.1. The molecular formula is C21H16N4OS2. The van der Waals surface area contributed by atoms with Crippen LogP contribution in [0.1, 0.15) is 15.6 Å². The van der Waals surface area contributed by atoms with Crippen LogP contribution in [0.5, 0.6) is 0 Å². The quantitative estimate of drug-likeness (QED) is 0.462. The molecule has 4 aromatic rings. The molecule has 5 nitrogen and oxygen atoms in total. The summed E-state index contributed by atoms with van der Waals surface area (Å²) in [5.74, 6) is 0. The molecule has 4 rings (SSSR count). The SMILES string of the molecule is Cc1c(-c2csc(C(C#N)=Cc3cccs3)n2)c(=O)n(-c2ccccc2)n1C. The van der Waals surface area contributed by atoms with Gasteiger partial charge in [0, 0.05) is 23.0 Å². The Hall–Kier alpha value is -3.21. The highest BCUT2D eigenvalue weighted by atomic mass is 32.1. The third-order valence-electron chi connectivity index (χ3n) is 4.50. The largest absolute Gasteiger partial charge is 0.285 e. The fraction of sp³-hybridized carbons (Fsp3) is 0.0952. The van der Waals surface area contributed by atoms with Crippen LogP contribution in [0.2, 0.25) is 0 Å². The van der Waals surface area contributed by atoms with Crippen molar-refractivity contribution in [2.45, 2.75) is 6.92 Å². The fourth-order valence-corrected chi connectivity index (χ4v) is 4.47. The van der Waals surface area contributed by atoms with E-state index in [1.165, 1.54) is 11.3 Å². The number of hydrogen-bond donors (Lipinski definition) is 0. The van der Waals surface area contributed by atoms with Crippen LogP contribution in [0.15, 0.2) is 58.0 Å². The molecule has 7 heteroatoms. The van der Waals surface area contributed by atoms with Crippen molar-refractivity contribution in [3.8, 4) is 23.0 Å². The van der Waals surface area contributed by atoms with Crippen LogP contribution >= 0.6 is 22.7 Å². The summed E-state index contributed by atoms with van der Waals surface area (Å²) in [6, 6.07) is 15.6.